The lowest BCUT2D eigenvalue weighted by atomic mass is 10.2. The van der Waals surface area contributed by atoms with Gasteiger partial charge < -0.3 is 14.9 Å². The van der Waals surface area contributed by atoms with Crippen LogP contribution in [0, 0.1) is 0 Å². The van der Waals surface area contributed by atoms with Gasteiger partial charge in [0.2, 0.25) is 0 Å². The summed E-state index contributed by atoms with van der Waals surface area (Å²) in [5.41, 5.74) is 4.25. The van der Waals surface area contributed by atoms with Crippen LogP contribution < -0.4 is 4.74 Å². The molecule has 116 valence electrons. The van der Waals surface area contributed by atoms with Gasteiger partial charge in [0.05, 0.1) is 23.7 Å². The van der Waals surface area contributed by atoms with Gasteiger partial charge in [0.1, 0.15) is 17.0 Å². The number of nitrogens with one attached hydrogen (secondary N) is 2. The van der Waals surface area contributed by atoms with Gasteiger partial charge in [-0.2, -0.15) is 0 Å². The molecule has 0 aliphatic heterocycles. The SMILES string of the molecule is COc1cccc2ccc(-c3nc4cc5c[nH][nH]c5cc4n3)nc12. The number of pyridine rings is 1. The Hall–Kier alpha value is -3.41. The highest BCUT2D eigenvalue weighted by atomic mass is 16.5. The first kappa shape index (κ1) is 13.1. The number of H-pyrrole nitrogens is 2. The topological polar surface area (TPSA) is 79.5 Å². The normalized spacial score (nSPS) is 11.5. The largest absolute Gasteiger partial charge is 0.494 e. The van der Waals surface area contributed by atoms with Gasteiger partial charge in [-0.05, 0) is 24.3 Å². The fraction of sp³-hybridized carbons (Fsp3) is 0.0556. The number of para-hydroxylation sites is 1. The zero-order valence-corrected chi connectivity index (χ0v) is 12.9. The minimum absolute atomic E-state index is 0.620. The van der Waals surface area contributed by atoms with Gasteiger partial charge in [-0.15, -0.1) is 0 Å². The molecule has 2 aromatic carbocycles. The second-order valence-corrected chi connectivity index (χ2v) is 5.62. The number of nitrogens with zero attached hydrogens (tertiary/aromatic N) is 3. The maximum atomic E-state index is 5.41. The summed E-state index contributed by atoms with van der Waals surface area (Å²) in [5.74, 6) is 1.36. The Labute approximate surface area is 136 Å². The third-order valence-electron chi connectivity index (χ3n) is 4.17. The Balaban J connectivity index is 1.72. The molecule has 5 aromatic rings. The number of methoxy groups -OCH3 is 1. The lowest BCUT2D eigenvalue weighted by Crippen LogP contribution is -1.90. The second kappa shape index (κ2) is 4.79. The molecule has 0 saturated heterocycles. The van der Waals surface area contributed by atoms with Crippen molar-refractivity contribution < 1.29 is 4.74 Å². The molecule has 0 amide bonds. The molecule has 5 rings (SSSR count). The number of imidazole rings is 1. The zero-order valence-electron chi connectivity index (χ0n) is 12.9. The maximum Gasteiger partial charge on any atom is 0.179 e. The van der Waals surface area contributed by atoms with Crippen molar-refractivity contribution in [3.05, 3.63) is 48.7 Å². The van der Waals surface area contributed by atoms with Gasteiger partial charge >= 0.3 is 0 Å². The summed E-state index contributed by atoms with van der Waals surface area (Å²) in [6.07, 6.45) is 1.91. The third kappa shape index (κ3) is 1.86. The molecule has 3 heterocycles. The van der Waals surface area contributed by atoms with Crippen LogP contribution in [0.15, 0.2) is 48.7 Å². The Morgan fingerprint density at radius 1 is 0.917 bits per heavy atom. The highest BCUT2D eigenvalue weighted by Crippen LogP contribution is 2.28. The van der Waals surface area contributed by atoms with Crippen molar-refractivity contribution in [2.75, 3.05) is 7.11 Å². The van der Waals surface area contributed by atoms with E-state index in [9.17, 15) is 0 Å². The van der Waals surface area contributed by atoms with Crippen molar-refractivity contribution in [3.8, 4) is 17.3 Å². The number of rotatable bonds is 2. The van der Waals surface area contributed by atoms with E-state index in [1.807, 2.05) is 48.7 Å². The first-order valence-electron chi connectivity index (χ1n) is 7.59. The molecule has 24 heavy (non-hydrogen) atoms. The molecule has 0 radical (unpaired) electrons. The van der Waals surface area contributed by atoms with Crippen molar-refractivity contribution in [3.63, 3.8) is 0 Å². The predicted molar refractivity (Wildman–Crippen MR) is 93.0 cm³/mol. The lowest BCUT2D eigenvalue weighted by Gasteiger charge is -2.05. The van der Waals surface area contributed by atoms with Crippen molar-refractivity contribution in [1.29, 1.82) is 0 Å². The summed E-state index contributed by atoms with van der Waals surface area (Å²) < 4.78 is 5.41. The van der Waals surface area contributed by atoms with Gasteiger partial charge in [0, 0.05) is 17.0 Å². The van der Waals surface area contributed by atoms with Gasteiger partial charge in [-0.25, -0.2) is 15.0 Å². The van der Waals surface area contributed by atoms with Crippen LogP contribution in [-0.4, -0.2) is 32.3 Å². The minimum Gasteiger partial charge on any atom is -0.494 e. The van der Waals surface area contributed by atoms with Crippen LogP contribution in [0.4, 0.5) is 0 Å². The maximum absolute atomic E-state index is 5.41. The van der Waals surface area contributed by atoms with E-state index in [0.29, 0.717) is 5.82 Å². The van der Waals surface area contributed by atoms with E-state index < -0.39 is 0 Å². The average molecular weight is 315 g/mol. The highest BCUT2D eigenvalue weighted by molar-refractivity contribution is 5.94. The van der Waals surface area contributed by atoms with E-state index in [1.165, 1.54) is 0 Å². The van der Waals surface area contributed by atoms with Crippen LogP contribution in [0.5, 0.6) is 5.75 Å². The molecule has 0 atom stereocenters. The van der Waals surface area contributed by atoms with Crippen LogP contribution in [0.3, 0.4) is 0 Å². The van der Waals surface area contributed by atoms with Crippen LogP contribution in [-0.2, 0) is 0 Å². The second-order valence-electron chi connectivity index (χ2n) is 5.62. The molecule has 0 bridgehead atoms. The van der Waals surface area contributed by atoms with Crippen LogP contribution in [0.2, 0.25) is 0 Å². The Kier molecular flexibility index (Phi) is 2.61. The number of ether oxygens (including phenoxy) is 1. The summed E-state index contributed by atoms with van der Waals surface area (Å²) >= 11 is 0. The summed E-state index contributed by atoms with van der Waals surface area (Å²) in [6, 6.07) is 13.8. The van der Waals surface area contributed by atoms with Gasteiger partial charge in [0.15, 0.2) is 5.82 Å². The number of aromatic amines is 2. The van der Waals surface area contributed by atoms with Crippen molar-refractivity contribution >= 4 is 32.8 Å². The molecule has 6 nitrogen and oxygen atoms in total. The standard InChI is InChI=1S/C18H13N5O/c1-24-16-4-2-3-10-5-6-12(20-17(10)16)18-21-14-7-11-9-19-23-13(11)8-15(14)22-18/h2-9,19,23H,1H3. The van der Waals surface area contributed by atoms with Gasteiger partial charge in [-0.3, -0.25) is 0 Å². The molecular weight excluding hydrogens is 302 g/mol. The van der Waals surface area contributed by atoms with Crippen LogP contribution in [0.25, 0.3) is 44.4 Å². The molecule has 2 N–H and O–H groups in total. The summed E-state index contributed by atoms with van der Waals surface area (Å²) in [7, 11) is 1.65. The molecule has 0 saturated carbocycles. The van der Waals surface area contributed by atoms with E-state index in [1.54, 1.807) is 7.11 Å². The average Bonchev–Trinajstić information content (AvgIpc) is 3.24. The van der Waals surface area contributed by atoms with Gasteiger partial charge in [0.25, 0.3) is 0 Å². The van der Waals surface area contributed by atoms with E-state index in [-0.39, 0.29) is 0 Å². The van der Waals surface area contributed by atoms with Crippen LogP contribution in [0.1, 0.15) is 0 Å². The molecule has 0 unspecified atom stereocenters. The lowest BCUT2D eigenvalue weighted by molar-refractivity contribution is 0.419. The number of hydrogen-bond acceptors (Lipinski definition) is 4. The van der Waals surface area contributed by atoms with E-state index >= 15 is 0 Å². The Bertz CT molecular complexity index is 1160. The quantitative estimate of drug-likeness (QED) is 0.521. The van der Waals surface area contributed by atoms with Crippen LogP contribution >= 0.6 is 0 Å². The van der Waals surface area contributed by atoms with Gasteiger partial charge in [-0.1, -0.05) is 18.2 Å². The van der Waals surface area contributed by atoms with Crippen molar-refractivity contribution in [2.45, 2.75) is 0 Å². The fourth-order valence-corrected chi connectivity index (χ4v) is 2.97. The molecule has 0 fully saturated rings. The molecule has 0 spiro atoms. The first-order valence-corrected chi connectivity index (χ1v) is 7.59. The Morgan fingerprint density at radius 3 is 2.67 bits per heavy atom. The summed E-state index contributed by atoms with van der Waals surface area (Å²) in [6.45, 7) is 0. The van der Waals surface area contributed by atoms with Crippen molar-refractivity contribution in [2.24, 2.45) is 0 Å². The number of fused-ring (bicyclic) bond motifs is 3. The molecule has 6 heteroatoms. The molecule has 0 aliphatic rings. The number of aromatic nitrogens is 5. The summed E-state index contributed by atoms with van der Waals surface area (Å²) in [4.78, 5) is 14.0. The predicted octanol–water partition coefficient (Wildman–Crippen LogP) is 3.66. The number of benzene rings is 2. The zero-order chi connectivity index (χ0) is 16.1. The highest BCUT2D eigenvalue weighted by Gasteiger charge is 2.12. The van der Waals surface area contributed by atoms with Crippen molar-refractivity contribution in [1.82, 2.24) is 25.1 Å². The molecular formula is C18H13N5O. The molecule has 3 aromatic heterocycles. The number of hydrogen-bond donors (Lipinski definition) is 2. The smallest absolute Gasteiger partial charge is 0.179 e. The molecule has 0 aliphatic carbocycles. The summed E-state index contributed by atoms with van der Waals surface area (Å²) in [5, 5.41) is 8.15. The fourth-order valence-electron chi connectivity index (χ4n) is 2.97. The van der Waals surface area contributed by atoms with E-state index in [4.69, 9.17) is 9.72 Å². The minimum atomic E-state index is 0.620. The van der Waals surface area contributed by atoms with E-state index in [0.717, 1.165) is 44.3 Å². The first-order chi connectivity index (χ1) is 11.8. The monoisotopic (exact) mass is 315 g/mol. The Morgan fingerprint density at radius 2 is 1.79 bits per heavy atom. The van der Waals surface area contributed by atoms with E-state index in [2.05, 4.69) is 20.2 Å². The third-order valence-corrected chi connectivity index (χ3v) is 4.17.